The minimum Gasteiger partial charge on any atom is -0.495 e. The van der Waals surface area contributed by atoms with E-state index in [2.05, 4.69) is 10.8 Å². The molecule has 1 atom stereocenters. The van der Waals surface area contributed by atoms with Gasteiger partial charge in [0.25, 0.3) is 0 Å². The van der Waals surface area contributed by atoms with Crippen LogP contribution in [0.4, 0.5) is 0 Å². The first kappa shape index (κ1) is 18.7. The molecular weight excluding hydrogens is 350 g/mol. The molecule has 0 aliphatic carbocycles. The molecule has 6 heteroatoms. The zero-order valence-corrected chi connectivity index (χ0v) is 16.4. The molecule has 2 aromatic carbocycles. The van der Waals surface area contributed by atoms with Crippen molar-refractivity contribution in [3.05, 3.63) is 52.6 Å². The summed E-state index contributed by atoms with van der Waals surface area (Å²) in [4.78, 5) is 0.178. The SMILES string of the molecule is COc1cc(C)c(C)cc1S(=O)(=O)NC(C)Cc1ccc2c(c1)CCO2. The Kier molecular flexibility index (Phi) is 5.25. The standard InChI is InChI=1S/C20H25NO4S/c1-13-9-19(24-4)20(10-14(13)2)26(22,23)21-15(3)11-16-5-6-18-17(12-16)7-8-25-18/h5-6,9-10,12,15,21H,7-8,11H2,1-4H3. The summed E-state index contributed by atoms with van der Waals surface area (Å²) < 4.78 is 39.3. The van der Waals surface area contributed by atoms with E-state index in [1.165, 1.54) is 12.7 Å². The molecule has 140 valence electrons. The number of fused-ring (bicyclic) bond motifs is 1. The first-order valence-corrected chi connectivity index (χ1v) is 10.2. The molecule has 0 amide bonds. The topological polar surface area (TPSA) is 64.6 Å². The summed E-state index contributed by atoms with van der Waals surface area (Å²) in [5.74, 6) is 1.30. The second kappa shape index (κ2) is 7.29. The smallest absolute Gasteiger partial charge is 0.244 e. The van der Waals surface area contributed by atoms with Gasteiger partial charge in [0.05, 0.1) is 13.7 Å². The molecule has 1 unspecified atom stereocenters. The van der Waals surface area contributed by atoms with Gasteiger partial charge in [-0.25, -0.2) is 13.1 Å². The highest BCUT2D eigenvalue weighted by Gasteiger charge is 2.23. The van der Waals surface area contributed by atoms with Gasteiger partial charge in [-0.2, -0.15) is 0 Å². The fourth-order valence-electron chi connectivity index (χ4n) is 3.22. The maximum absolute atomic E-state index is 12.9. The fraction of sp³-hybridized carbons (Fsp3) is 0.400. The van der Waals surface area contributed by atoms with Gasteiger partial charge in [0.2, 0.25) is 10.0 Å². The van der Waals surface area contributed by atoms with Gasteiger partial charge in [0.15, 0.2) is 0 Å². The summed E-state index contributed by atoms with van der Waals surface area (Å²) in [6, 6.07) is 9.23. The minimum absolute atomic E-state index is 0.178. The second-order valence-electron chi connectivity index (χ2n) is 6.85. The van der Waals surface area contributed by atoms with Crippen LogP contribution in [-0.2, 0) is 22.9 Å². The predicted molar refractivity (Wildman–Crippen MR) is 102 cm³/mol. The van der Waals surface area contributed by atoms with Crippen molar-refractivity contribution in [3.63, 3.8) is 0 Å². The number of hydrogen-bond donors (Lipinski definition) is 1. The van der Waals surface area contributed by atoms with E-state index >= 15 is 0 Å². The summed E-state index contributed by atoms with van der Waals surface area (Å²) in [7, 11) is -2.19. The number of aryl methyl sites for hydroxylation is 2. The molecule has 1 heterocycles. The average Bonchev–Trinajstić information content (AvgIpc) is 3.03. The third-order valence-electron chi connectivity index (χ3n) is 4.72. The van der Waals surface area contributed by atoms with Crippen LogP contribution in [0.5, 0.6) is 11.5 Å². The maximum atomic E-state index is 12.9. The van der Waals surface area contributed by atoms with Gasteiger partial charge in [-0.05, 0) is 67.6 Å². The molecule has 0 spiro atoms. The summed E-state index contributed by atoms with van der Waals surface area (Å²) in [5.41, 5.74) is 4.19. The Morgan fingerprint density at radius 2 is 1.92 bits per heavy atom. The largest absolute Gasteiger partial charge is 0.495 e. The number of methoxy groups -OCH3 is 1. The van der Waals surface area contributed by atoms with E-state index in [4.69, 9.17) is 9.47 Å². The monoisotopic (exact) mass is 375 g/mol. The molecule has 0 fully saturated rings. The van der Waals surface area contributed by atoms with Crippen molar-refractivity contribution in [1.82, 2.24) is 4.72 Å². The first-order chi connectivity index (χ1) is 12.3. The third kappa shape index (κ3) is 3.86. The highest BCUT2D eigenvalue weighted by Crippen LogP contribution is 2.28. The van der Waals surface area contributed by atoms with E-state index < -0.39 is 10.0 Å². The van der Waals surface area contributed by atoms with Crippen LogP contribution in [-0.4, -0.2) is 28.2 Å². The number of rotatable bonds is 6. The van der Waals surface area contributed by atoms with Gasteiger partial charge >= 0.3 is 0 Å². The number of ether oxygens (including phenoxy) is 2. The van der Waals surface area contributed by atoms with Gasteiger partial charge in [-0.15, -0.1) is 0 Å². The van der Waals surface area contributed by atoms with E-state index in [0.29, 0.717) is 18.8 Å². The number of hydrogen-bond acceptors (Lipinski definition) is 4. The Balaban J connectivity index is 1.78. The van der Waals surface area contributed by atoms with Crippen molar-refractivity contribution in [1.29, 1.82) is 0 Å². The Hall–Kier alpha value is -2.05. The summed E-state index contributed by atoms with van der Waals surface area (Å²) >= 11 is 0. The number of nitrogens with one attached hydrogen (secondary N) is 1. The molecule has 1 aliphatic rings. The molecule has 2 aromatic rings. The normalized spacial score (nSPS) is 14.6. The van der Waals surface area contributed by atoms with Crippen molar-refractivity contribution in [3.8, 4) is 11.5 Å². The van der Waals surface area contributed by atoms with Gasteiger partial charge < -0.3 is 9.47 Å². The molecule has 1 aliphatic heterocycles. The minimum atomic E-state index is -3.67. The van der Waals surface area contributed by atoms with Gasteiger partial charge in [-0.1, -0.05) is 12.1 Å². The van der Waals surface area contributed by atoms with Crippen molar-refractivity contribution < 1.29 is 17.9 Å². The van der Waals surface area contributed by atoms with E-state index in [-0.39, 0.29) is 10.9 Å². The fourth-order valence-corrected chi connectivity index (χ4v) is 4.70. The lowest BCUT2D eigenvalue weighted by atomic mass is 10.0. The molecule has 3 rings (SSSR count). The molecule has 0 bridgehead atoms. The van der Waals surface area contributed by atoms with Gasteiger partial charge in [0.1, 0.15) is 16.4 Å². The highest BCUT2D eigenvalue weighted by atomic mass is 32.2. The van der Waals surface area contributed by atoms with Crippen molar-refractivity contribution in [2.75, 3.05) is 13.7 Å². The summed E-state index contributed by atoms with van der Waals surface area (Å²) in [6.07, 6.45) is 1.52. The van der Waals surface area contributed by atoms with Crippen LogP contribution in [0.1, 0.15) is 29.2 Å². The summed E-state index contributed by atoms with van der Waals surface area (Å²) in [6.45, 7) is 6.41. The molecule has 0 saturated heterocycles. The van der Waals surface area contributed by atoms with Crippen molar-refractivity contribution in [2.24, 2.45) is 0 Å². The maximum Gasteiger partial charge on any atom is 0.244 e. The molecule has 0 saturated carbocycles. The Labute approximate surface area is 155 Å². The van der Waals surface area contributed by atoms with Gasteiger partial charge in [0, 0.05) is 12.5 Å². The lowest BCUT2D eigenvalue weighted by molar-refractivity contribution is 0.357. The van der Waals surface area contributed by atoms with Crippen LogP contribution < -0.4 is 14.2 Å². The number of benzene rings is 2. The molecule has 26 heavy (non-hydrogen) atoms. The lowest BCUT2D eigenvalue weighted by Gasteiger charge is -2.17. The molecule has 0 aromatic heterocycles. The lowest BCUT2D eigenvalue weighted by Crippen LogP contribution is -2.34. The van der Waals surface area contributed by atoms with Crippen LogP contribution >= 0.6 is 0 Å². The highest BCUT2D eigenvalue weighted by molar-refractivity contribution is 7.89. The average molecular weight is 375 g/mol. The molecule has 5 nitrogen and oxygen atoms in total. The van der Waals surface area contributed by atoms with E-state index in [0.717, 1.165) is 28.9 Å². The Morgan fingerprint density at radius 3 is 2.65 bits per heavy atom. The van der Waals surface area contributed by atoms with Crippen molar-refractivity contribution >= 4 is 10.0 Å². The van der Waals surface area contributed by atoms with Crippen molar-refractivity contribution in [2.45, 2.75) is 44.6 Å². The van der Waals surface area contributed by atoms with Crippen LogP contribution in [0.15, 0.2) is 35.2 Å². The van der Waals surface area contributed by atoms with Gasteiger partial charge in [-0.3, -0.25) is 0 Å². The predicted octanol–water partition coefficient (Wildman–Crippen LogP) is 3.16. The third-order valence-corrected chi connectivity index (χ3v) is 6.33. The zero-order chi connectivity index (χ0) is 18.9. The van der Waals surface area contributed by atoms with Crippen LogP contribution in [0.3, 0.4) is 0 Å². The molecular formula is C20H25NO4S. The van der Waals surface area contributed by atoms with E-state index in [9.17, 15) is 8.42 Å². The number of sulfonamides is 1. The van der Waals surface area contributed by atoms with Crippen LogP contribution in [0.2, 0.25) is 0 Å². The van der Waals surface area contributed by atoms with E-state index in [1.54, 1.807) is 12.1 Å². The summed E-state index contributed by atoms with van der Waals surface area (Å²) in [5, 5.41) is 0. The first-order valence-electron chi connectivity index (χ1n) is 8.72. The molecule has 0 radical (unpaired) electrons. The van der Waals surface area contributed by atoms with Crippen LogP contribution in [0, 0.1) is 13.8 Å². The Bertz CT molecular complexity index is 922. The zero-order valence-electron chi connectivity index (χ0n) is 15.6. The van der Waals surface area contributed by atoms with Crippen LogP contribution in [0.25, 0.3) is 0 Å². The van der Waals surface area contributed by atoms with E-state index in [1.807, 2.05) is 32.9 Å². The molecule has 1 N–H and O–H groups in total. The quantitative estimate of drug-likeness (QED) is 0.842. The second-order valence-corrected chi connectivity index (χ2v) is 8.54. The Morgan fingerprint density at radius 1 is 1.19 bits per heavy atom.